The van der Waals surface area contributed by atoms with Gasteiger partial charge in [-0.25, -0.2) is 4.79 Å². The minimum Gasteiger partial charge on any atom is -1.00 e. The summed E-state index contributed by atoms with van der Waals surface area (Å²) < 4.78 is 7.53. The average molecular weight is 323 g/mol. The lowest BCUT2D eigenvalue weighted by Gasteiger charge is -1.93. The number of thiazole rings is 1. The number of aromatic nitrogens is 1. The third kappa shape index (κ3) is 2.72. The Bertz CT molecular complexity index is 514. The van der Waals surface area contributed by atoms with Crippen LogP contribution in [0.2, 0.25) is 5.02 Å². The molecule has 0 unspecified atom stereocenters. The largest absolute Gasteiger partial charge is 1.00 e. The molecule has 0 radical (unpaired) electrons. The highest BCUT2D eigenvalue weighted by molar-refractivity contribution is 7.16. The summed E-state index contributed by atoms with van der Waals surface area (Å²) in [5.41, 5.74) is 2.88. The van der Waals surface area contributed by atoms with E-state index in [1.807, 2.05) is 28.3 Å². The van der Waals surface area contributed by atoms with E-state index in [9.17, 15) is 4.79 Å². The normalized spacial score (nSPS) is 9.88. The second-order valence-corrected chi connectivity index (χ2v) is 4.36. The summed E-state index contributed by atoms with van der Waals surface area (Å²) in [6.45, 7) is 0.234. The van der Waals surface area contributed by atoms with Gasteiger partial charge in [0.2, 0.25) is 17.6 Å². The summed E-state index contributed by atoms with van der Waals surface area (Å²) in [5.74, 6) is -0.255. The van der Waals surface area contributed by atoms with Gasteiger partial charge in [-0.3, -0.25) is 0 Å². The number of carbonyl (C=O) groups is 1. The zero-order valence-corrected chi connectivity index (χ0v) is 11.6. The first kappa shape index (κ1) is 13.4. The molecule has 1 aromatic carbocycles. The lowest BCUT2D eigenvalue weighted by atomic mass is 10.3. The number of carbonyl (C=O) groups excluding carboxylic acids is 1. The predicted molar refractivity (Wildman–Crippen MR) is 59.0 cm³/mol. The fraction of sp³-hybridized carbons (Fsp3) is 0.200. The topological polar surface area (TPSA) is 30.2 Å². The molecule has 2 aromatic rings. The van der Waals surface area contributed by atoms with Gasteiger partial charge in [0, 0.05) is 11.1 Å². The molecule has 6 heteroatoms. The lowest BCUT2D eigenvalue weighted by Crippen LogP contribution is -3.00. The van der Waals surface area contributed by atoms with Crippen molar-refractivity contribution in [3.8, 4) is 0 Å². The average Bonchev–Trinajstić information content (AvgIpc) is 2.60. The quantitative estimate of drug-likeness (QED) is 0.525. The van der Waals surface area contributed by atoms with E-state index in [0.717, 1.165) is 10.2 Å². The highest BCUT2D eigenvalue weighted by Crippen LogP contribution is 2.20. The number of ether oxygens (including phenoxy) is 1. The van der Waals surface area contributed by atoms with Crippen molar-refractivity contribution in [3.63, 3.8) is 0 Å². The van der Waals surface area contributed by atoms with Crippen molar-refractivity contribution >= 4 is 39.1 Å². The minimum atomic E-state index is -0.255. The smallest absolute Gasteiger partial charge is 0.372 e. The van der Waals surface area contributed by atoms with E-state index in [2.05, 4.69) is 4.74 Å². The van der Waals surface area contributed by atoms with Gasteiger partial charge in [0.25, 0.3) is 0 Å². The molecular formula is C10H9BrClNO2S. The number of hydrogen-bond donors (Lipinski definition) is 0. The van der Waals surface area contributed by atoms with Crippen molar-refractivity contribution in [2.75, 3.05) is 7.11 Å². The van der Waals surface area contributed by atoms with Crippen molar-refractivity contribution < 1.29 is 31.1 Å². The first-order valence-electron chi connectivity index (χ1n) is 4.33. The molecule has 0 atom stereocenters. The number of nitrogens with zero attached hydrogens (tertiary/aromatic N) is 1. The molecule has 0 fully saturated rings. The number of esters is 1. The maximum Gasteiger partial charge on any atom is 0.372 e. The molecule has 1 heterocycles. The van der Waals surface area contributed by atoms with Crippen LogP contribution in [0.1, 0.15) is 0 Å². The predicted octanol–water partition coefficient (Wildman–Crippen LogP) is -0.981. The Hall–Kier alpha value is -0.650. The van der Waals surface area contributed by atoms with Crippen molar-refractivity contribution in [2.45, 2.75) is 6.54 Å². The molecule has 0 bridgehead atoms. The second-order valence-electron chi connectivity index (χ2n) is 3.04. The molecule has 0 amide bonds. The summed E-state index contributed by atoms with van der Waals surface area (Å²) in [7, 11) is 1.38. The monoisotopic (exact) mass is 321 g/mol. The van der Waals surface area contributed by atoms with Crippen LogP contribution in [-0.4, -0.2) is 13.1 Å². The molecular weight excluding hydrogens is 314 g/mol. The van der Waals surface area contributed by atoms with Crippen LogP contribution in [-0.2, 0) is 16.1 Å². The number of hydrogen-bond acceptors (Lipinski definition) is 3. The molecule has 0 saturated carbocycles. The van der Waals surface area contributed by atoms with Crippen LogP contribution in [0, 0.1) is 0 Å². The summed E-state index contributed by atoms with van der Waals surface area (Å²) in [6, 6.07) is 5.59. The van der Waals surface area contributed by atoms with Gasteiger partial charge in [-0.15, -0.1) is 0 Å². The Kier molecular flexibility index (Phi) is 4.70. The van der Waals surface area contributed by atoms with E-state index >= 15 is 0 Å². The molecule has 0 spiro atoms. The van der Waals surface area contributed by atoms with Gasteiger partial charge in [-0.1, -0.05) is 22.9 Å². The van der Waals surface area contributed by atoms with Crippen molar-refractivity contribution in [1.82, 2.24) is 0 Å². The van der Waals surface area contributed by atoms with Crippen molar-refractivity contribution in [3.05, 3.63) is 28.7 Å². The van der Waals surface area contributed by atoms with Crippen LogP contribution >= 0.6 is 22.9 Å². The lowest BCUT2D eigenvalue weighted by molar-refractivity contribution is -0.655. The number of benzene rings is 1. The van der Waals surface area contributed by atoms with Crippen molar-refractivity contribution in [2.24, 2.45) is 0 Å². The summed E-state index contributed by atoms with van der Waals surface area (Å²) in [6.07, 6.45) is 0. The Balaban J connectivity index is 0.00000128. The fourth-order valence-electron chi connectivity index (χ4n) is 1.32. The van der Waals surface area contributed by atoms with Gasteiger partial charge in [-0.05, 0) is 12.1 Å². The first-order valence-corrected chi connectivity index (χ1v) is 5.59. The molecule has 2 rings (SSSR count). The third-order valence-electron chi connectivity index (χ3n) is 2.07. The van der Waals surface area contributed by atoms with E-state index in [1.165, 1.54) is 7.11 Å². The Morgan fingerprint density at radius 3 is 3.00 bits per heavy atom. The van der Waals surface area contributed by atoms with Crippen LogP contribution in [0.25, 0.3) is 10.2 Å². The Labute approximate surface area is 112 Å². The molecule has 0 aliphatic rings. The van der Waals surface area contributed by atoms with Gasteiger partial charge in [0.15, 0.2) is 0 Å². The van der Waals surface area contributed by atoms with Crippen LogP contribution < -0.4 is 21.5 Å². The highest BCUT2D eigenvalue weighted by atomic mass is 79.9. The van der Waals surface area contributed by atoms with Crippen LogP contribution in [0.3, 0.4) is 0 Å². The number of methoxy groups -OCH3 is 1. The van der Waals surface area contributed by atoms with Crippen molar-refractivity contribution in [1.29, 1.82) is 0 Å². The third-order valence-corrected chi connectivity index (χ3v) is 3.24. The van der Waals surface area contributed by atoms with E-state index in [1.54, 1.807) is 11.3 Å². The maximum absolute atomic E-state index is 11.1. The maximum atomic E-state index is 11.1. The summed E-state index contributed by atoms with van der Waals surface area (Å²) in [5, 5.41) is 0.703. The van der Waals surface area contributed by atoms with E-state index < -0.39 is 0 Å². The number of fused-ring (bicyclic) bond motifs is 1. The molecule has 0 saturated heterocycles. The van der Waals surface area contributed by atoms with Gasteiger partial charge in [0.1, 0.15) is 4.70 Å². The Morgan fingerprint density at radius 1 is 1.56 bits per heavy atom. The number of halogens is 2. The Morgan fingerprint density at radius 2 is 2.31 bits per heavy atom. The van der Waals surface area contributed by atoms with Gasteiger partial charge in [0.05, 0.1) is 7.11 Å². The van der Waals surface area contributed by atoms with Gasteiger partial charge in [-0.2, -0.15) is 4.57 Å². The van der Waals surface area contributed by atoms with Crippen LogP contribution in [0.4, 0.5) is 0 Å². The number of rotatable bonds is 2. The fourth-order valence-corrected chi connectivity index (χ4v) is 2.49. The molecule has 3 nitrogen and oxygen atoms in total. The van der Waals surface area contributed by atoms with E-state index in [4.69, 9.17) is 11.6 Å². The second kappa shape index (κ2) is 5.61. The zero-order chi connectivity index (χ0) is 10.8. The SMILES string of the molecule is COC(=O)C[n+]1csc2cc(Cl)ccc21.[Br-]. The molecule has 0 aliphatic carbocycles. The van der Waals surface area contributed by atoms with E-state index in [0.29, 0.717) is 5.02 Å². The van der Waals surface area contributed by atoms with Crippen LogP contribution in [0.5, 0.6) is 0 Å². The molecule has 16 heavy (non-hydrogen) atoms. The summed E-state index contributed by atoms with van der Waals surface area (Å²) >= 11 is 7.42. The first-order chi connectivity index (χ1) is 7.20. The standard InChI is InChI=1S/C10H9ClNO2S.BrH/c1-14-10(13)5-12-6-15-9-4-7(11)2-3-8(9)12;/h2-4,6H,5H2,1H3;1H/q+1;/p-1. The van der Waals surface area contributed by atoms with E-state index in [-0.39, 0.29) is 29.5 Å². The molecule has 86 valence electrons. The summed E-state index contributed by atoms with van der Waals surface area (Å²) in [4.78, 5) is 11.1. The van der Waals surface area contributed by atoms with Gasteiger partial charge >= 0.3 is 5.97 Å². The molecule has 1 aromatic heterocycles. The van der Waals surface area contributed by atoms with Crippen LogP contribution in [0.15, 0.2) is 23.7 Å². The van der Waals surface area contributed by atoms with Gasteiger partial charge < -0.3 is 21.7 Å². The molecule has 0 aliphatic heterocycles. The zero-order valence-electron chi connectivity index (χ0n) is 8.44. The molecule has 0 N–H and O–H groups in total. The highest BCUT2D eigenvalue weighted by Gasteiger charge is 2.15. The minimum absolute atomic E-state index is 0.